The third kappa shape index (κ3) is 4.00. The van der Waals surface area contributed by atoms with E-state index in [1.54, 1.807) is 12.1 Å². The fourth-order valence-corrected chi connectivity index (χ4v) is 1.88. The van der Waals surface area contributed by atoms with Gasteiger partial charge in [0.15, 0.2) is 0 Å². The molecule has 0 aliphatic heterocycles. The van der Waals surface area contributed by atoms with Crippen molar-refractivity contribution in [1.29, 1.82) is 0 Å². The van der Waals surface area contributed by atoms with Crippen molar-refractivity contribution >= 4 is 0 Å². The molecule has 5 heteroatoms. The molecule has 2 aromatic rings. The molecule has 1 atom stereocenters. The zero-order chi connectivity index (χ0) is 15.3. The zero-order valence-electron chi connectivity index (χ0n) is 11.4. The van der Waals surface area contributed by atoms with Crippen LogP contribution in [-0.2, 0) is 6.61 Å². The quantitative estimate of drug-likeness (QED) is 0.861. The number of rotatable bonds is 6. The van der Waals surface area contributed by atoms with Crippen LogP contribution in [0.15, 0.2) is 54.6 Å². The summed E-state index contributed by atoms with van der Waals surface area (Å²) in [7, 11) is 0. The van der Waals surface area contributed by atoms with Crippen molar-refractivity contribution in [2.75, 3.05) is 6.61 Å². The molecule has 3 nitrogen and oxygen atoms in total. The highest BCUT2D eigenvalue weighted by atomic mass is 19.3. The third-order valence-corrected chi connectivity index (χ3v) is 3.13. The second-order valence-electron chi connectivity index (χ2n) is 4.74. The van der Waals surface area contributed by atoms with Crippen LogP contribution >= 0.6 is 0 Å². The largest absolute Gasteiger partial charge is 0.489 e. The van der Waals surface area contributed by atoms with Gasteiger partial charge in [0.25, 0.3) is 5.92 Å². The van der Waals surface area contributed by atoms with Crippen molar-refractivity contribution in [1.82, 2.24) is 0 Å². The Kier molecular flexibility index (Phi) is 4.88. The van der Waals surface area contributed by atoms with Crippen LogP contribution in [0.5, 0.6) is 5.75 Å². The van der Waals surface area contributed by atoms with Gasteiger partial charge < -0.3 is 15.6 Å². The van der Waals surface area contributed by atoms with E-state index < -0.39 is 18.6 Å². The van der Waals surface area contributed by atoms with Gasteiger partial charge in [-0.1, -0.05) is 42.5 Å². The van der Waals surface area contributed by atoms with Crippen molar-refractivity contribution in [2.45, 2.75) is 18.6 Å². The molecule has 0 aliphatic rings. The summed E-state index contributed by atoms with van der Waals surface area (Å²) in [6.45, 7) is -0.945. The number of aliphatic hydroxyl groups excluding tert-OH is 1. The number of nitrogens with two attached hydrogens (primary N) is 1. The van der Waals surface area contributed by atoms with Gasteiger partial charge in [-0.05, 0) is 23.3 Å². The van der Waals surface area contributed by atoms with Crippen LogP contribution in [0.4, 0.5) is 8.78 Å². The minimum Gasteiger partial charge on any atom is -0.489 e. The highest BCUT2D eigenvalue weighted by Gasteiger charge is 2.37. The van der Waals surface area contributed by atoms with E-state index in [9.17, 15) is 8.78 Å². The van der Waals surface area contributed by atoms with Gasteiger partial charge in [-0.25, -0.2) is 8.78 Å². The standard InChI is InChI=1S/C16H17F2NO2/c17-16(18,11-20)15(19)13-7-4-8-14(9-13)21-10-12-5-2-1-3-6-12/h1-9,15,20H,10-11,19H2/t15-/m0/s1. The molecule has 0 aromatic heterocycles. The Bertz CT molecular complexity index is 575. The molecule has 0 amide bonds. The fraction of sp³-hybridized carbons (Fsp3) is 0.250. The van der Waals surface area contributed by atoms with Gasteiger partial charge in [-0.2, -0.15) is 0 Å². The van der Waals surface area contributed by atoms with Gasteiger partial charge in [0.2, 0.25) is 0 Å². The fourth-order valence-electron chi connectivity index (χ4n) is 1.88. The first-order valence-electron chi connectivity index (χ1n) is 6.54. The predicted molar refractivity (Wildman–Crippen MR) is 76.2 cm³/mol. The number of halogens is 2. The summed E-state index contributed by atoms with van der Waals surface area (Å²) in [5.41, 5.74) is 6.70. The third-order valence-electron chi connectivity index (χ3n) is 3.13. The molecule has 21 heavy (non-hydrogen) atoms. The average Bonchev–Trinajstić information content (AvgIpc) is 2.53. The molecule has 0 unspecified atom stereocenters. The predicted octanol–water partition coefficient (Wildman–Crippen LogP) is 2.89. The topological polar surface area (TPSA) is 55.5 Å². The Morgan fingerprint density at radius 3 is 2.48 bits per heavy atom. The van der Waals surface area contributed by atoms with Gasteiger partial charge in [0.1, 0.15) is 19.0 Å². The lowest BCUT2D eigenvalue weighted by Gasteiger charge is -2.22. The van der Waals surface area contributed by atoms with Crippen LogP contribution in [0.3, 0.4) is 0 Å². The molecular formula is C16H17F2NO2. The minimum absolute atomic E-state index is 0.222. The van der Waals surface area contributed by atoms with Crippen molar-refractivity contribution < 1.29 is 18.6 Å². The molecule has 2 aromatic carbocycles. The average molecular weight is 293 g/mol. The SMILES string of the molecule is N[C@@H](c1cccc(OCc2ccccc2)c1)C(F)(F)CO. The molecular weight excluding hydrogens is 276 g/mol. The van der Waals surface area contributed by atoms with E-state index in [2.05, 4.69) is 0 Å². The summed E-state index contributed by atoms with van der Waals surface area (Å²) in [6, 6.07) is 14.2. The lowest BCUT2D eigenvalue weighted by atomic mass is 10.0. The number of ether oxygens (including phenoxy) is 1. The summed E-state index contributed by atoms with van der Waals surface area (Å²) in [5, 5.41) is 8.69. The van der Waals surface area contributed by atoms with Crippen LogP contribution in [0.1, 0.15) is 17.2 Å². The van der Waals surface area contributed by atoms with Crippen LogP contribution in [0.25, 0.3) is 0 Å². The first-order chi connectivity index (χ1) is 10.0. The van der Waals surface area contributed by atoms with E-state index in [-0.39, 0.29) is 5.56 Å². The Morgan fingerprint density at radius 1 is 1.10 bits per heavy atom. The molecule has 0 saturated carbocycles. The van der Waals surface area contributed by atoms with E-state index >= 15 is 0 Å². The zero-order valence-corrected chi connectivity index (χ0v) is 11.4. The molecule has 2 rings (SSSR count). The molecule has 0 spiro atoms. The van der Waals surface area contributed by atoms with Crippen molar-refractivity contribution in [3.63, 3.8) is 0 Å². The van der Waals surface area contributed by atoms with Gasteiger partial charge in [-0.3, -0.25) is 0 Å². The molecule has 0 radical (unpaired) electrons. The number of aliphatic hydroxyl groups is 1. The van der Waals surface area contributed by atoms with E-state index in [4.69, 9.17) is 15.6 Å². The summed E-state index contributed by atoms with van der Waals surface area (Å²) < 4.78 is 32.4. The molecule has 0 fully saturated rings. The van der Waals surface area contributed by atoms with E-state index in [0.29, 0.717) is 12.4 Å². The monoisotopic (exact) mass is 293 g/mol. The van der Waals surface area contributed by atoms with Gasteiger partial charge in [0.05, 0.1) is 6.04 Å². The number of hydrogen-bond donors (Lipinski definition) is 2. The van der Waals surface area contributed by atoms with E-state index in [1.807, 2.05) is 30.3 Å². The second kappa shape index (κ2) is 6.65. The maximum Gasteiger partial charge on any atom is 0.289 e. The van der Waals surface area contributed by atoms with Crippen molar-refractivity contribution in [3.8, 4) is 5.75 Å². The summed E-state index contributed by atoms with van der Waals surface area (Å²) in [6.07, 6.45) is 0. The highest BCUT2D eigenvalue weighted by molar-refractivity contribution is 5.32. The maximum atomic E-state index is 13.4. The van der Waals surface area contributed by atoms with Crippen LogP contribution in [-0.4, -0.2) is 17.6 Å². The number of alkyl halides is 2. The smallest absolute Gasteiger partial charge is 0.289 e. The Hall–Kier alpha value is -1.98. The molecule has 3 N–H and O–H groups in total. The van der Waals surface area contributed by atoms with Gasteiger partial charge in [0, 0.05) is 0 Å². The summed E-state index contributed by atoms with van der Waals surface area (Å²) >= 11 is 0. The van der Waals surface area contributed by atoms with E-state index in [1.165, 1.54) is 12.1 Å². The number of hydrogen-bond acceptors (Lipinski definition) is 3. The van der Waals surface area contributed by atoms with Crippen molar-refractivity contribution in [2.24, 2.45) is 5.73 Å². The Balaban J connectivity index is 2.07. The second-order valence-corrected chi connectivity index (χ2v) is 4.74. The van der Waals surface area contributed by atoms with Gasteiger partial charge in [-0.15, -0.1) is 0 Å². The molecule has 112 valence electrons. The van der Waals surface area contributed by atoms with Gasteiger partial charge >= 0.3 is 0 Å². The van der Waals surface area contributed by atoms with Crippen LogP contribution in [0, 0.1) is 0 Å². The number of benzene rings is 2. The first kappa shape index (κ1) is 15.4. The Labute approximate surface area is 122 Å². The lowest BCUT2D eigenvalue weighted by molar-refractivity contribution is -0.0712. The lowest BCUT2D eigenvalue weighted by Crippen LogP contribution is -2.36. The normalized spacial score (nSPS) is 13.0. The molecule has 0 aliphatic carbocycles. The highest BCUT2D eigenvalue weighted by Crippen LogP contribution is 2.30. The van der Waals surface area contributed by atoms with E-state index in [0.717, 1.165) is 5.56 Å². The minimum atomic E-state index is -3.36. The van der Waals surface area contributed by atoms with Crippen molar-refractivity contribution in [3.05, 3.63) is 65.7 Å². The first-order valence-corrected chi connectivity index (χ1v) is 6.54. The summed E-state index contributed by atoms with van der Waals surface area (Å²) in [4.78, 5) is 0. The van der Waals surface area contributed by atoms with Crippen LogP contribution < -0.4 is 10.5 Å². The molecule has 0 saturated heterocycles. The van der Waals surface area contributed by atoms with Crippen LogP contribution in [0.2, 0.25) is 0 Å². The molecule has 0 heterocycles. The Morgan fingerprint density at radius 2 is 1.81 bits per heavy atom. The maximum absolute atomic E-state index is 13.4. The molecule has 0 bridgehead atoms. The summed E-state index contributed by atoms with van der Waals surface area (Å²) in [5.74, 6) is -2.90.